The standard InChI is InChI=1S/C18H20N2O2S/c1(4-8-15-9-5-3-6-10-15)2-7-11-23-18-19-12-17(22-18)16-13-21-14-20-16/h3,5-6,9-10,12-14H,1-2,4,7-8,11H2. The number of benzene rings is 1. The maximum Gasteiger partial charge on any atom is 0.256 e. The van der Waals surface area contributed by atoms with Crippen LogP contribution in [0.15, 0.2) is 63.2 Å². The number of unbranched alkanes of at least 4 members (excludes halogenated alkanes) is 3. The summed E-state index contributed by atoms with van der Waals surface area (Å²) in [6.07, 6.45) is 10.8. The van der Waals surface area contributed by atoms with E-state index >= 15 is 0 Å². The highest BCUT2D eigenvalue weighted by atomic mass is 32.2. The van der Waals surface area contributed by atoms with Crippen molar-refractivity contribution in [3.05, 3.63) is 54.7 Å². The Labute approximate surface area is 140 Å². The molecule has 23 heavy (non-hydrogen) atoms. The van der Waals surface area contributed by atoms with Crippen LogP contribution in [-0.4, -0.2) is 15.7 Å². The molecule has 0 spiro atoms. The van der Waals surface area contributed by atoms with Gasteiger partial charge in [-0.3, -0.25) is 0 Å². The van der Waals surface area contributed by atoms with Gasteiger partial charge in [0.1, 0.15) is 12.0 Å². The number of hydrogen-bond acceptors (Lipinski definition) is 5. The summed E-state index contributed by atoms with van der Waals surface area (Å²) in [5.41, 5.74) is 2.12. The lowest BCUT2D eigenvalue weighted by atomic mass is 10.1. The molecule has 0 amide bonds. The van der Waals surface area contributed by atoms with E-state index in [-0.39, 0.29) is 0 Å². The summed E-state index contributed by atoms with van der Waals surface area (Å²) >= 11 is 1.66. The van der Waals surface area contributed by atoms with Crippen LogP contribution in [-0.2, 0) is 6.42 Å². The van der Waals surface area contributed by atoms with Crippen molar-refractivity contribution in [2.45, 2.75) is 37.3 Å². The van der Waals surface area contributed by atoms with Crippen LogP contribution in [0.1, 0.15) is 31.2 Å². The second kappa shape index (κ2) is 8.58. The summed E-state index contributed by atoms with van der Waals surface area (Å²) in [5.74, 6) is 1.69. The molecule has 0 bridgehead atoms. The minimum Gasteiger partial charge on any atom is -0.451 e. The van der Waals surface area contributed by atoms with Gasteiger partial charge in [-0.05, 0) is 24.8 Å². The molecular weight excluding hydrogens is 308 g/mol. The Balaban J connectivity index is 1.28. The number of rotatable bonds is 9. The van der Waals surface area contributed by atoms with Gasteiger partial charge in [-0.1, -0.05) is 54.9 Å². The first-order valence-corrected chi connectivity index (χ1v) is 8.91. The molecule has 0 fully saturated rings. The van der Waals surface area contributed by atoms with Crippen LogP contribution in [0.3, 0.4) is 0 Å². The predicted molar refractivity (Wildman–Crippen MR) is 91.3 cm³/mol. The Morgan fingerprint density at radius 1 is 0.957 bits per heavy atom. The molecule has 2 aromatic heterocycles. The lowest BCUT2D eigenvalue weighted by molar-refractivity contribution is 0.464. The van der Waals surface area contributed by atoms with E-state index in [0.29, 0.717) is 16.7 Å². The third-order valence-corrected chi connectivity index (χ3v) is 4.53. The van der Waals surface area contributed by atoms with Crippen molar-refractivity contribution in [3.63, 3.8) is 0 Å². The molecule has 2 heterocycles. The zero-order valence-corrected chi connectivity index (χ0v) is 13.8. The number of oxazole rings is 2. The van der Waals surface area contributed by atoms with Crippen molar-refractivity contribution in [2.75, 3.05) is 5.75 Å². The van der Waals surface area contributed by atoms with Crippen molar-refractivity contribution in [2.24, 2.45) is 0 Å². The van der Waals surface area contributed by atoms with Crippen LogP contribution in [0, 0.1) is 0 Å². The number of aromatic nitrogens is 2. The Morgan fingerprint density at radius 3 is 2.65 bits per heavy atom. The van der Waals surface area contributed by atoms with Gasteiger partial charge >= 0.3 is 0 Å². The normalized spacial score (nSPS) is 11.0. The average molecular weight is 328 g/mol. The maximum absolute atomic E-state index is 5.64. The maximum atomic E-state index is 5.64. The molecule has 3 rings (SSSR count). The second-order valence-corrected chi connectivity index (χ2v) is 6.41. The van der Waals surface area contributed by atoms with E-state index in [2.05, 4.69) is 40.3 Å². The van der Waals surface area contributed by atoms with E-state index in [4.69, 9.17) is 8.83 Å². The van der Waals surface area contributed by atoms with Gasteiger partial charge in [0, 0.05) is 5.75 Å². The van der Waals surface area contributed by atoms with Gasteiger partial charge in [-0.15, -0.1) is 0 Å². The molecule has 5 heteroatoms. The topological polar surface area (TPSA) is 52.1 Å². The van der Waals surface area contributed by atoms with Gasteiger partial charge in [0.15, 0.2) is 12.2 Å². The molecule has 0 unspecified atom stereocenters. The molecule has 0 N–H and O–H groups in total. The first-order chi connectivity index (χ1) is 11.4. The van der Waals surface area contributed by atoms with E-state index in [1.807, 2.05) is 0 Å². The number of hydrogen-bond donors (Lipinski definition) is 0. The molecule has 0 aliphatic rings. The Kier molecular flexibility index (Phi) is 5.92. The van der Waals surface area contributed by atoms with E-state index in [1.165, 1.54) is 44.1 Å². The van der Waals surface area contributed by atoms with Gasteiger partial charge in [0.25, 0.3) is 5.22 Å². The monoisotopic (exact) mass is 328 g/mol. The van der Waals surface area contributed by atoms with Crippen molar-refractivity contribution in [3.8, 4) is 11.5 Å². The second-order valence-electron chi connectivity index (χ2n) is 5.36. The molecule has 0 saturated carbocycles. The summed E-state index contributed by atoms with van der Waals surface area (Å²) in [6.45, 7) is 0. The average Bonchev–Trinajstić information content (AvgIpc) is 3.26. The molecule has 1 aromatic carbocycles. The van der Waals surface area contributed by atoms with E-state index in [1.54, 1.807) is 24.2 Å². The quantitative estimate of drug-likeness (QED) is 0.398. The minimum absolute atomic E-state index is 0.657. The molecule has 0 radical (unpaired) electrons. The molecule has 4 nitrogen and oxygen atoms in total. The van der Waals surface area contributed by atoms with Crippen LogP contribution >= 0.6 is 11.8 Å². The van der Waals surface area contributed by atoms with E-state index in [9.17, 15) is 0 Å². The molecular formula is C18H20N2O2S. The molecule has 120 valence electrons. The van der Waals surface area contributed by atoms with E-state index < -0.39 is 0 Å². The first kappa shape index (κ1) is 15.9. The van der Waals surface area contributed by atoms with Gasteiger partial charge in [-0.2, -0.15) is 0 Å². The zero-order valence-electron chi connectivity index (χ0n) is 13.0. The number of nitrogens with zero attached hydrogens (tertiary/aromatic N) is 2. The summed E-state index contributed by atoms with van der Waals surface area (Å²) in [6, 6.07) is 10.7. The molecule has 0 atom stereocenters. The van der Waals surface area contributed by atoms with Crippen LogP contribution < -0.4 is 0 Å². The fourth-order valence-corrected chi connectivity index (χ4v) is 3.17. The SMILES string of the molecule is c1ccc(CCCCCCSc2ncc(-c3cocn3)o2)cc1. The number of aryl methyl sites for hydroxylation is 1. The Hall–Kier alpha value is -2.01. The van der Waals surface area contributed by atoms with Crippen molar-refractivity contribution in [1.29, 1.82) is 0 Å². The highest BCUT2D eigenvalue weighted by Gasteiger charge is 2.08. The largest absolute Gasteiger partial charge is 0.451 e. The summed E-state index contributed by atoms with van der Waals surface area (Å²) in [5, 5.41) is 0.701. The predicted octanol–water partition coefficient (Wildman–Crippen LogP) is 5.22. The zero-order chi connectivity index (χ0) is 15.7. The lowest BCUT2D eigenvalue weighted by Gasteiger charge is -2.01. The van der Waals surface area contributed by atoms with Crippen molar-refractivity contribution < 1.29 is 8.83 Å². The Bertz CT molecular complexity index is 680. The van der Waals surface area contributed by atoms with Crippen molar-refractivity contribution >= 4 is 11.8 Å². The lowest BCUT2D eigenvalue weighted by Crippen LogP contribution is -1.86. The molecule has 0 aliphatic carbocycles. The summed E-state index contributed by atoms with van der Waals surface area (Å²) < 4.78 is 10.6. The molecule has 0 saturated heterocycles. The van der Waals surface area contributed by atoms with Gasteiger partial charge < -0.3 is 8.83 Å². The highest BCUT2D eigenvalue weighted by molar-refractivity contribution is 7.99. The van der Waals surface area contributed by atoms with Crippen LogP contribution in [0.5, 0.6) is 0 Å². The van der Waals surface area contributed by atoms with Crippen molar-refractivity contribution in [1.82, 2.24) is 9.97 Å². The van der Waals surface area contributed by atoms with E-state index in [0.717, 1.165) is 5.75 Å². The molecule has 0 aliphatic heterocycles. The Morgan fingerprint density at radius 2 is 1.83 bits per heavy atom. The van der Waals surface area contributed by atoms with Crippen LogP contribution in [0.25, 0.3) is 11.5 Å². The third-order valence-electron chi connectivity index (χ3n) is 3.60. The first-order valence-electron chi connectivity index (χ1n) is 7.93. The molecule has 3 aromatic rings. The fourth-order valence-electron chi connectivity index (χ4n) is 2.37. The number of thioether (sulfide) groups is 1. The van der Waals surface area contributed by atoms with Gasteiger partial charge in [0.2, 0.25) is 0 Å². The summed E-state index contributed by atoms with van der Waals surface area (Å²) in [4.78, 5) is 8.31. The summed E-state index contributed by atoms with van der Waals surface area (Å²) in [7, 11) is 0. The minimum atomic E-state index is 0.657. The third kappa shape index (κ3) is 4.99. The van der Waals surface area contributed by atoms with Gasteiger partial charge in [-0.25, -0.2) is 9.97 Å². The van der Waals surface area contributed by atoms with Gasteiger partial charge in [0.05, 0.1) is 6.20 Å². The van der Waals surface area contributed by atoms with Crippen LogP contribution in [0.4, 0.5) is 0 Å². The fraction of sp³-hybridized carbons (Fsp3) is 0.333. The van der Waals surface area contributed by atoms with Crippen LogP contribution in [0.2, 0.25) is 0 Å². The smallest absolute Gasteiger partial charge is 0.256 e. The highest BCUT2D eigenvalue weighted by Crippen LogP contribution is 2.25.